The minimum absolute atomic E-state index is 0.0296. The molecule has 0 amide bonds. The summed E-state index contributed by atoms with van der Waals surface area (Å²) in [7, 11) is 2.72. The molecule has 0 spiro atoms. The second-order valence-electron chi connectivity index (χ2n) is 5.09. The van der Waals surface area contributed by atoms with Gasteiger partial charge in [-0.2, -0.15) is 0 Å². The number of ketones is 1. The summed E-state index contributed by atoms with van der Waals surface area (Å²) in [6, 6.07) is 10.1. The van der Waals surface area contributed by atoms with Crippen LogP contribution in [0.4, 0.5) is 0 Å². The third kappa shape index (κ3) is 2.37. The molecule has 2 aromatic rings. The van der Waals surface area contributed by atoms with E-state index in [4.69, 9.17) is 14.2 Å². The third-order valence-electron chi connectivity index (χ3n) is 3.78. The lowest BCUT2D eigenvalue weighted by molar-refractivity contribution is 0.0197. The van der Waals surface area contributed by atoms with Crippen LogP contribution >= 0.6 is 0 Å². The van der Waals surface area contributed by atoms with Crippen molar-refractivity contribution in [2.24, 2.45) is 0 Å². The van der Waals surface area contributed by atoms with Crippen molar-refractivity contribution >= 4 is 5.78 Å². The van der Waals surface area contributed by atoms with Crippen molar-refractivity contribution in [1.82, 2.24) is 0 Å². The van der Waals surface area contributed by atoms with Gasteiger partial charge in [0.25, 0.3) is 0 Å². The zero-order valence-electron chi connectivity index (χ0n) is 12.6. The minimum Gasteiger partial charge on any atom is -0.504 e. The molecule has 0 radical (unpaired) electrons. The molecular formula is C17H16O6. The van der Waals surface area contributed by atoms with Crippen molar-refractivity contribution in [2.45, 2.75) is 12.2 Å². The minimum atomic E-state index is -1.38. The summed E-state index contributed by atoms with van der Waals surface area (Å²) in [6.45, 7) is 0. The highest BCUT2D eigenvalue weighted by Crippen LogP contribution is 2.49. The number of carbonyl (C=O) groups is 1. The number of ether oxygens (including phenoxy) is 3. The number of rotatable bonds is 3. The van der Waals surface area contributed by atoms with E-state index < -0.39 is 18.0 Å². The number of aliphatic hydroxyl groups is 1. The first-order valence-corrected chi connectivity index (χ1v) is 7.00. The molecular weight excluding hydrogens is 300 g/mol. The number of phenols is 1. The maximum absolute atomic E-state index is 12.6. The number of hydrogen-bond donors (Lipinski definition) is 2. The van der Waals surface area contributed by atoms with Gasteiger partial charge < -0.3 is 24.4 Å². The van der Waals surface area contributed by atoms with Crippen LogP contribution in [0.2, 0.25) is 0 Å². The summed E-state index contributed by atoms with van der Waals surface area (Å²) in [5, 5.41) is 20.4. The number of methoxy groups -OCH3 is 2. The molecule has 23 heavy (non-hydrogen) atoms. The number of aliphatic hydroxyl groups excluding tert-OH is 1. The fourth-order valence-electron chi connectivity index (χ4n) is 2.68. The van der Waals surface area contributed by atoms with E-state index in [0.29, 0.717) is 5.56 Å². The van der Waals surface area contributed by atoms with Crippen molar-refractivity contribution in [3.63, 3.8) is 0 Å². The Bertz CT molecular complexity index is 740. The molecule has 3 rings (SSSR count). The average Bonchev–Trinajstić information content (AvgIpc) is 2.57. The van der Waals surface area contributed by atoms with E-state index in [-0.39, 0.29) is 28.6 Å². The molecule has 1 aliphatic heterocycles. The number of hydrogen-bond acceptors (Lipinski definition) is 6. The molecule has 120 valence electrons. The number of benzene rings is 2. The Balaban J connectivity index is 2.18. The van der Waals surface area contributed by atoms with E-state index in [1.165, 1.54) is 20.3 Å². The standard InChI is InChI=1S/C17H16O6/c1-21-11-8-10(18)16(22-2)17-12(11)13(19)14(20)15(23-17)9-6-4-3-5-7-9/h3-8,14-15,18,20H,1-2H3/t14-,15+/m0/s1. The first kappa shape index (κ1) is 15.2. The van der Waals surface area contributed by atoms with Gasteiger partial charge in [-0.05, 0) is 5.56 Å². The molecule has 1 heterocycles. The van der Waals surface area contributed by atoms with Crippen LogP contribution < -0.4 is 14.2 Å². The summed E-state index contributed by atoms with van der Waals surface area (Å²) >= 11 is 0. The van der Waals surface area contributed by atoms with E-state index in [9.17, 15) is 15.0 Å². The lowest BCUT2D eigenvalue weighted by atomic mass is 9.92. The molecule has 2 atom stereocenters. The lowest BCUT2D eigenvalue weighted by Crippen LogP contribution is -2.36. The van der Waals surface area contributed by atoms with Gasteiger partial charge in [0.2, 0.25) is 11.5 Å². The number of fused-ring (bicyclic) bond motifs is 1. The van der Waals surface area contributed by atoms with Gasteiger partial charge in [0, 0.05) is 6.07 Å². The van der Waals surface area contributed by atoms with Crippen LogP contribution in [0.5, 0.6) is 23.0 Å². The van der Waals surface area contributed by atoms with Crippen LogP contribution in [0.25, 0.3) is 0 Å². The quantitative estimate of drug-likeness (QED) is 0.902. The van der Waals surface area contributed by atoms with Crippen molar-refractivity contribution in [3.05, 3.63) is 47.5 Å². The van der Waals surface area contributed by atoms with Crippen LogP contribution in [0, 0.1) is 0 Å². The Kier molecular flexibility index (Phi) is 3.83. The number of carbonyl (C=O) groups excluding carboxylic acids is 1. The molecule has 2 N–H and O–H groups in total. The first-order chi connectivity index (χ1) is 11.1. The summed E-state index contributed by atoms with van der Waals surface area (Å²) < 4.78 is 16.1. The van der Waals surface area contributed by atoms with Crippen molar-refractivity contribution in [2.75, 3.05) is 14.2 Å². The maximum Gasteiger partial charge on any atom is 0.204 e. The summed E-state index contributed by atoms with van der Waals surface area (Å²) in [4.78, 5) is 12.6. The van der Waals surface area contributed by atoms with Gasteiger partial charge in [-0.1, -0.05) is 30.3 Å². The second kappa shape index (κ2) is 5.81. The van der Waals surface area contributed by atoms with Gasteiger partial charge in [0.15, 0.2) is 23.7 Å². The molecule has 1 aliphatic rings. The van der Waals surface area contributed by atoms with Gasteiger partial charge in [-0.15, -0.1) is 0 Å². The van der Waals surface area contributed by atoms with Gasteiger partial charge in [0.1, 0.15) is 11.3 Å². The van der Waals surface area contributed by atoms with Gasteiger partial charge >= 0.3 is 0 Å². The van der Waals surface area contributed by atoms with Gasteiger partial charge in [-0.3, -0.25) is 4.79 Å². The second-order valence-corrected chi connectivity index (χ2v) is 5.09. The molecule has 2 aromatic carbocycles. The third-order valence-corrected chi connectivity index (χ3v) is 3.78. The summed E-state index contributed by atoms with van der Waals surface area (Å²) in [5.74, 6) is -0.543. The van der Waals surface area contributed by atoms with E-state index >= 15 is 0 Å². The lowest BCUT2D eigenvalue weighted by Gasteiger charge is -2.31. The maximum atomic E-state index is 12.6. The van der Waals surface area contributed by atoms with E-state index in [2.05, 4.69) is 0 Å². The summed E-state index contributed by atoms with van der Waals surface area (Å²) in [5.41, 5.74) is 0.699. The monoisotopic (exact) mass is 316 g/mol. The average molecular weight is 316 g/mol. The molecule has 6 heteroatoms. The number of phenolic OH excluding ortho intramolecular Hbond substituents is 1. The van der Waals surface area contributed by atoms with Crippen LogP contribution in [-0.2, 0) is 0 Å². The Hall–Kier alpha value is -2.73. The van der Waals surface area contributed by atoms with E-state index in [0.717, 1.165) is 0 Å². The SMILES string of the molecule is COc1cc(O)c(OC)c2c1C(=O)[C@H](O)[C@@H](c1ccccc1)O2. The molecule has 0 unspecified atom stereocenters. The van der Waals surface area contributed by atoms with E-state index in [1.54, 1.807) is 24.3 Å². The zero-order valence-corrected chi connectivity index (χ0v) is 12.6. The van der Waals surface area contributed by atoms with Crippen LogP contribution in [0.1, 0.15) is 22.0 Å². The largest absolute Gasteiger partial charge is 0.504 e. The Morgan fingerprint density at radius 2 is 1.83 bits per heavy atom. The molecule has 0 fully saturated rings. The molecule has 0 aromatic heterocycles. The van der Waals surface area contributed by atoms with E-state index in [1.807, 2.05) is 6.07 Å². The topological polar surface area (TPSA) is 85.2 Å². The predicted molar refractivity (Wildman–Crippen MR) is 81.4 cm³/mol. The van der Waals surface area contributed by atoms with Gasteiger partial charge in [-0.25, -0.2) is 0 Å². The highest BCUT2D eigenvalue weighted by Gasteiger charge is 2.41. The fraction of sp³-hybridized carbons (Fsp3) is 0.235. The Morgan fingerprint density at radius 3 is 2.43 bits per heavy atom. The Labute approximate surface area is 132 Å². The molecule has 0 saturated heterocycles. The first-order valence-electron chi connectivity index (χ1n) is 7.00. The molecule has 0 bridgehead atoms. The van der Waals surface area contributed by atoms with Crippen LogP contribution in [0.15, 0.2) is 36.4 Å². The fourth-order valence-corrected chi connectivity index (χ4v) is 2.68. The van der Waals surface area contributed by atoms with Gasteiger partial charge in [0.05, 0.1) is 14.2 Å². The molecule has 6 nitrogen and oxygen atoms in total. The molecule has 0 aliphatic carbocycles. The highest BCUT2D eigenvalue weighted by molar-refractivity contribution is 6.06. The van der Waals surface area contributed by atoms with Crippen molar-refractivity contribution < 1.29 is 29.2 Å². The van der Waals surface area contributed by atoms with Crippen molar-refractivity contribution in [3.8, 4) is 23.0 Å². The van der Waals surface area contributed by atoms with Crippen molar-refractivity contribution in [1.29, 1.82) is 0 Å². The highest BCUT2D eigenvalue weighted by atomic mass is 16.5. The smallest absolute Gasteiger partial charge is 0.204 e. The number of aromatic hydroxyl groups is 1. The zero-order chi connectivity index (χ0) is 16.6. The van der Waals surface area contributed by atoms with Crippen LogP contribution in [-0.4, -0.2) is 36.3 Å². The Morgan fingerprint density at radius 1 is 1.13 bits per heavy atom. The molecule has 0 saturated carbocycles. The van der Waals surface area contributed by atoms with Crippen LogP contribution in [0.3, 0.4) is 0 Å². The predicted octanol–water partition coefficient (Wildman–Crippen LogP) is 2.09. The normalized spacial score (nSPS) is 19.7. The number of Topliss-reactive ketones (excluding diaryl/α,β-unsaturated/α-hetero) is 1. The summed E-state index contributed by atoms with van der Waals surface area (Å²) in [6.07, 6.45) is -2.27.